The molecule has 2 aliphatic rings. The van der Waals surface area contributed by atoms with Gasteiger partial charge in [-0.2, -0.15) is 0 Å². The van der Waals surface area contributed by atoms with Gasteiger partial charge in [-0.05, 0) is 37.3 Å². The molecular weight excluding hydrogens is 292 g/mol. The molecule has 0 radical (unpaired) electrons. The maximum Gasteiger partial charge on any atom is 0.188 e. The summed E-state index contributed by atoms with van der Waals surface area (Å²) >= 11 is 1.65. The Labute approximate surface area is 135 Å². The van der Waals surface area contributed by atoms with Gasteiger partial charge in [-0.1, -0.05) is 19.3 Å². The molecule has 4 nitrogen and oxygen atoms in total. The van der Waals surface area contributed by atoms with Crippen molar-refractivity contribution in [3.8, 4) is 10.8 Å². The summed E-state index contributed by atoms with van der Waals surface area (Å²) in [5.74, 6) is 2.66. The van der Waals surface area contributed by atoms with Gasteiger partial charge in [0.25, 0.3) is 0 Å². The molecule has 1 aliphatic heterocycles. The van der Waals surface area contributed by atoms with Crippen LogP contribution in [0.3, 0.4) is 0 Å². The number of likely N-dealkylation sites (tertiary alicyclic amines) is 1. The molecule has 22 heavy (non-hydrogen) atoms. The Hall–Kier alpha value is -1.33. The quantitative estimate of drug-likeness (QED) is 0.868. The molecule has 3 heterocycles. The molecule has 2 aromatic heterocycles. The van der Waals surface area contributed by atoms with Gasteiger partial charge in [0.2, 0.25) is 0 Å². The van der Waals surface area contributed by atoms with Crippen molar-refractivity contribution in [2.75, 3.05) is 13.1 Å². The number of hydrogen-bond donors (Lipinski definition) is 0. The maximum absolute atomic E-state index is 4.73. The predicted octanol–water partition coefficient (Wildman–Crippen LogP) is 3.61. The first-order chi connectivity index (χ1) is 10.9. The minimum Gasteiger partial charge on any atom is -0.297 e. The number of thiazole rings is 1. The van der Waals surface area contributed by atoms with Crippen molar-refractivity contribution in [1.82, 2.24) is 19.9 Å². The Morgan fingerprint density at radius 3 is 2.77 bits per heavy atom. The van der Waals surface area contributed by atoms with E-state index in [0.29, 0.717) is 0 Å². The topological polar surface area (TPSA) is 41.9 Å². The predicted molar refractivity (Wildman–Crippen MR) is 88.5 cm³/mol. The third-order valence-corrected chi connectivity index (χ3v) is 5.96. The molecule has 116 valence electrons. The molecule has 4 rings (SSSR count). The van der Waals surface area contributed by atoms with E-state index in [-0.39, 0.29) is 0 Å². The van der Waals surface area contributed by atoms with Crippen molar-refractivity contribution in [2.24, 2.45) is 11.8 Å². The summed E-state index contributed by atoms with van der Waals surface area (Å²) < 4.78 is 0. The molecule has 2 atom stereocenters. The van der Waals surface area contributed by atoms with E-state index in [0.717, 1.165) is 29.2 Å². The summed E-state index contributed by atoms with van der Waals surface area (Å²) in [6, 6.07) is 1.84. The third-order valence-electron chi connectivity index (χ3n) is 5.07. The standard InChI is InChI=1S/C17H22N4S/c1-2-5-14-10-21(9-6-13(14)4-1)11-15-12-22-17(20-15)16-18-7-3-8-19-16/h3,7-8,12-14H,1-2,4-6,9-11H2/t13-,14-/m0/s1. The van der Waals surface area contributed by atoms with Gasteiger partial charge in [0.1, 0.15) is 0 Å². The number of nitrogens with zero attached hydrogens (tertiary/aromatic N) is 4. The minimum absolute atomic E-state index is 0.740. The molecular formula is C17H22N4S. The van der Waals surface area contributed by atoms with Crippen LogP contribution >= 0.6 is 11.3 Å². The van der Waals surface area contributed by atoms with Crippen molar-refractivity contribution in [2.45, 2.75) is 38.6 Å². The average Bonchev–Trinajstić information content (AvgIpc) is 3.04. The van der Waals surface area contributed by atoms with Gasteiger partial charge < -0.3 is 0 Å². The van der Waals surface area contributed by atoms with E-state index in [2.05, 4.69) is 20.2 Å². The first-order valence-electron chi connectivity index (χ1n) is 8.32. The zero-order valence-corrected chi connectivity index (χ0v) is 13.6. The van der Waals surface area contributed by atoms with Gasteiger partial charge >= 0.3 is 0 Å². The Morgan fingerprint density at radius 2 is 1.91 bits per heavy atom. The summed E-state index contributed by atoms with van der Waals surface area (Å²) in [6.45, 7) is 3.47. The van der Waals surface area contributed by atoms with E-state index < -0.39 is 0 Å². The maximum atomic E-state index is 4.73. The average molecular weight is 314 g/mol. The molecule has 5 heteroatoms. The molecule has 1 aliphatic carbocycles. The highest BCUT2D eigenvalue weighted by atomic mass is 32.1. The van der Waals surface area contributed by atoms with Gasteiger partial charge in [0.15, 0.2) is 10.8 Å². The molecule has 1 saturated heterocycles. The molecule has 2 fully saturated rings. The van der Waals surface area contributed by atoms with E-state index >= 15 is 0 Å². The summed E-state index contributed by atoms with van der Waals surface area (Å²) in [5, 5.41) is 3.10. The normalized spacial score (nSPS) is 25.8. The summed E-state index contributed by atoms with van der Waals surface area (Å²) in [7, 11) is 0. The van der Waals surface area contributed by atoms with Crippen LogP contribution in [0.1, 0.15) is 37.8 Å². The number of aromatic nitrogens is 3. The lowest BCUT2D eigenvalue weighted by atomic mass is 9.75. The van der Waals surface area contributed by atoms with Crippen LogP contribution in [0.5, 0.6) is 0 Å². The SMILES string of the molecule is c1cnc(-c2nc(CN3CC[C@@H]4CCCC[C@H]4C3)cs2)nc1. The van der Waals surface area contributed by atoms with Gasteiger partial charge in [0.05, 0.1) is 5.69 Å². The van der Waals surface area contributed by atoms with E-state index in [9.17, 15) is 0 Å². The molecule has 0 amide bonds. The molecule has 0 bridgehead atoms. The van der Waals surface area contributed by atoms with Crippen LogP contribution in [0.15, 0.2) is 23.8 Å². The number of hydrogen-bond acceptors (Lipinski definition) is 5. The number of fused-ring (bicyclic) bond motifs is 1. The Kier molecular flexibility index (Phi) is 4.17. The van der Waals surface area contributed by atoms with Crippen molar-refractivity contribution >= 4 is 11.3 Å². The Bertz CT molecular complexity index is 612. The minimum atomic E-state index is 0.740. The van der Waals surface area contributed by atoms with E-state index in [1.807, 2.05) is 6.07 Å². The van der Waals surface area contributed by atoms with Gasteiger partial charge in [-0.3, -0.25) is 4.90 Å². The highest BCUT2D eigenvalue weighted by Gasteiger charge is 2.31. The monoisotopic (exact) mass is 314 g/mol. The molecule has 0 unspecified atom stereocenters. The fourth-order valence-corrected chi connectivity index (χ4v) is 4.70. The van der Waals surface area contributed by atoms with Gasteiger partial charge in [0, 0.05) is 30.9 Å². The van der Waals surface area contributed by atoms with Gasteiger partial charge in [-0.15, -0.1) is 11.3 Å². The van der Waals surface area contributed by atoms with Crippen LogP contribution in [0, 0.1) is 11.8 Å². The second kappa shape index (κ2) is 6.42. The highest BCUT2D eigenvalue weighted by Crippen LogP contribution is 2.36. The zero-order valence-electron chi connectivity index (χ0n) is 12.8. The van der Waals surface area contributed by atoms with E-state index in [1.165, 1.54) is 50.9 Å². The Balaban J connectivity index is 1.40. The molecule has 1 saturated carbocycles. The lowest BCUT2D eigenvalue weighted by Crippen LogP contribution is -2.41. The van der Waals surface area contributed by atoms with Crippen molar-refractivity contribution in [1.29, 1.82) is 0 Å². The number of rotatable bonds is 3. The highest BCUT2D eigenvalue weighted by molar-refractivity contribution is 7.13. The molecule has 0 aromatic carbocycles. The van der Waals surface area contributed by atoms with Crippen LogP contribution in [0.4, 0.5) is 0 Å². The largest absolute Gasteiger partial charge is 0.297 e. The zero-order chi connectivity index (χ0) is 14.8. The van der Waals surface area contributed by atoms with Crippen molar-refractivity contribution in [3.05, 3.63) is 29.5 Å². The van der Waals surface area contributed by atoms with Crippen molar-refractivity contribution in [3.63, 3.8) is 0 Å². The fraction of sp³-hybridized carbons (Fsp3) is 0.588. The Morgan fingerprint density at radius 1 is 1.09 bits per heavy atom. The second-order valence-corrected chi connectivity index (χ2v) is 7.40. The van der Waals surface area contributed by atoms with Crippen LogP contribution in [0.2, 0.25) is 0 Å². The van der Waals surface area contributed by atoms with Crippen LogP contribution in [0.25, 0.3) is 10.8 Å². The van der Waals surface area contributed by atoms with Crippen LogP contribution in [-0.2, 0) is 6.54 Å². The summed E-state index contributed by atoms with van der Waals surface area (Å²) in [4.78, 5) is 15.9. The second-order valence-electron chi connectivity index (χ2n) is 6.54. The van der Waals surface area contributed by atoms with Crippen molar-refractivity contribution < 1.29 is 0 Å². The number of piperidine rings is 1. The van der Waals surface area contributed by atoms with Gasteiger partial charge in [-0.25, -0.2) is 15.0 Å². The van der Waals surface area contributed by atoms with Crippen LogP contribution < -0.4 is 0 Å². The lowest BCUT2D eigenvalue weighted by molar-refractivity contribution is 0.0814. The van der Waals surface area contributed by atoms with Crippen LogP contribution in [-0.4, -0.2) is 32.9 Å². The third kappa shape index (κ3) is 3.06. The summed E-state index contributed by atoms with van der Waals surface area (Å²) in [5.41, 5.74) is 1.17. The fourth-order valence-electron chi connectivity index (χ4n) is 3.94. The molecule has 2 aromatic rings. The van der Waals surface area contributed by atoms with E-state index in [1.54, 1.807) is 23.7 Å². The first kappa shape index (κ1) is 14.3. The van der Waals surface area contributed by atoms with E-state index in [4.69, 9.17) is 4.98 Å². The molecule has 0 N–H and O–H groups in total. The lowest BCUT2D eigenvalue weighted by Gasteiger charge is -2.41. The summed E-state index contributed by atoms with van der Waals surface area (Å²) in [6.07, 6.45) is 10.7. The molecule has 0 spiro atoms. The first-order valence-corrected chi connectivity index (χ1v) is 9.20. The smallest absolute Gasteiger partial charge is 0.188 e.